The zero-order valence-electron chi connectivity index (χ0n) is 35.3. The Balaban J connectivity index is 0.000000247. The second-order valence-corrected chi connectivity index (χ2v) is 16.6. The van der Waals surface area contributed by atoms with Crippen LogP contribution in [0.3, 0.4) is 0 Å². The fourth-order valence-corrected chi connectivity index (χ4v) is 8.18. The third-order valence-electron chi connectivity index (χ3n) is 12.2. The van der Waals surface area contributed by atoms with Gasteiger partial charge in [-0.25, -0.2) is 0 Å². The summed E-state index contributed by atoms with van der Waals surface area (Å²) in [5.41, 5.74) is -5.62. The molecule has 0 aromatic heterocycles. The number of hydrogen-bond acceptors (Lipinski definition) is 6. The number of halogens is 12. The summed E-state index contributed by atoms with van der Waals surface area (Å²) in [7, 11) is 0. The van der Waals surface area contributed by atoms with Gasteiger partial charge in [0.1, 0.15) is 0 Å². The van der Waals surface area contributed by atoms with E-state index in [1.54, 1.807) is 18.2 Å². The molecule has 2 aliphatic rings. The smallest absolute Gasteiger partial charge is 0.373 e. The van der Waals surface area contributed by atoms with Crippen LogP contribution < -0.4 is 0 Å². The molecule has 2 aliphatic carbocycles. The largest absolute Gasteiger partial charge is 0.416 e. The van der Waals surface area contributed by atoms with E-state index in [1.165, 1.54) is 19.9 Å². The van der Waals surface area contributed by atoms with Crippen molar-refractivity contribution in [2.45, 2.75) is 113 Å². The first-order valence-corrected chi connectivity index (χ1v) is 20.5. The molecule has 3 atom stereocenters. The molecule has 66 heavy (non-hydrogen) atoms. The van der Waals surface area contributed by atoms with E-state index >= 15 is 0 Å². The van der Waals surface area contributed by atoms with Crippen LogP contribution in [0.15, 0.2) is 109 Å². The van der Waals surface area contributed by atoms with Gasteiger partial charge in [0.2, 0.25) is 11.7 Å². The maximum Gasteiger partial charge on any atom is 0.416 e. The van der Waals surface area contributed by atoms with E-state index in [0.29, 0.717) is 56.4 Å². The lowest BCUT2D eigenvalue weighted by molar-refractivity contribution is -0.527. The van der Waals surface area contributed by atoms with Gasteiger partial charge in [-0.05, 0) is 104 Å². The lowest BCUT2D eigenvalue weighted by atomic mass is 9.68. The van der Waals surface area contributed by atoms with Gasteiger partial charge in [-0.1, -0.05) is 60.7 Å². The van der Waals surface area contributed by atoms with Crippen LogP contribution >= 0.6 is 0 Å². The van der Waals surface area contributed by atoms with Crippen LogP contribution in [0.5, 0.6) is 0 Å². The van der Waals surface area contributed by atoms with Crippen molar-refractivity contribution in [3.63, 3.8) is 0 Å². The first kappa shape index (κ1) is 51.5. The van der Waals surface area contributed by atoms with E-state index in [-0.39, 0.29) is 59.9 Å². The van der Waals surface area contributed by atoms with E-state index in [2.05, 4.69) is 0 Å². The van der Waals surface area contributed by atoms with Gasteiger partial charge in [0, 0.05) is 35.0 Å². The molecule has 0 saturated heterocycles. The monoisotopic (exact) mass is 948 g/mol. The standard InChI is InChI=1S/C23H23F6NO3.C23H21F6NO3/c2*1-15(16-11-18(22(24,25)26)13-19(12-16)23(27,28)29)33-14-21(17-5-3-2-4-6-17)9-7-20(8-10-21)30(31)32/h2-6,11-13,15,20H,7-10,14H2,1H3;2-7,11-13,15H,8-10,14H2,1H3/t15-,20?,21?;15-,21+/m11/s1. The molecular formula is C46H44F12N2O6. The van der Waals surface area contributed by atoms with Crippen molar-refractivity contribution in [3.05, 3.63) is 174 Å². The van der Waals surface area contributed by atoms with Crippen LogP contribution in [0.4, 0.5) is 52.7 Å². The average Bonchev–Trinajstić information content (AvgIpc) is 3.27. The van der Waals surface area contributed by atoms with E-state index in [9.17, 15) is 72.9 Å². The van der Waals surface area contributed by atoms with Gasteiger partial charge < -0.3 is 9.47 Å². The van der Waals surface area contributed by atoms with Gasteiger partial charge in [-0.15, -0.1) is 0 Å². The van der Waals surface area contributed by atoms with E-state index in [4.69, 9.17) is 9.47 Å². The number of nitrogens with zero attached hydrogens (tertiary/aromatic N) is 2. The molecule has 0 radical (unpaired) electrons. The average molecular weight is 949 g/mol. The Hall–Kier alpha value is -5.50. The predicted octanol–water partition coefficient (Wildman–Crippen LogP) is 14.0. The fourth-order valence-electron chi connectivity index (χ4n) is 8.18. The molecule has 4 aromatic carbocycles. The summed E-state index contributed by atoms with van der Waals surface area (Å²) in [5.74, 6) is 0. The van der Waals surface area contributed by atoms with Crippen molar-refractivity contribution < 1.29 is 72.0 Å². The Bertz CT molecular complexity index is 2260. The molecule has 0 unspecified atom stereocenters. The van der Waals surface area contributed by atoms with Crippen molar-refractivity contribution in [1.29, 1.82) is 0 Å². The highest BCUT2D eigenvalue weighted by Gasteiger charge is 2.43. The number of alkyl halides is 12. The maximum atomic E-state index is 13.2. The molecule has 1 fully saturated rings. The summed E-state index contributed by atoms with van der Waals surface area (Å²) in [4.78, 5) is 21.5. The molecule has 0 N–H and O–H groups in total. The summed E-state index contributed by atoms with van der Waals surface area (Å²) in [6, 6.07) is 20.3. The molecule has 0 spiro atoms. The van der Waals surface area contributed by atoms with Crippen LogP contribution in [0.2, 0.25) is 0 Å². The van der Waals surface area contributed by atoms with Crippen molar-refractivity contribution >= 4 is 0 Å². The number of ether oxygens (including phenoxy) is 2. The highest BCUT2D eigenvalue weighted by Crippen LogP contribution is 2.44. The third-order valence-corrected chi connectivity index (χ3v) is 12.2. The van der Waals surface area contributed by atoms with E-state index < -0.39 is 81.0 Å². The van der Waals surface area contributed by atoms with Gasteiger partial charge in [0.15, 0.2) is 0 Å². The highest BCUT2D eigenvalue weighted by molar-refractivity contribution is 5.36. The van der Waals surface area contributed by atoms with Crippen LogP contribution in [0, 0.1) is 20.2 Å². The van der Waals surface area contributed by atoms with Crippen LogP contribution in [-0.4, -0.2) is 29.1 Å². The van der Waals surface area contributed by atoms with Crippen molar-refractivity contribution in [1.82, 2.24) is 0 Å². The number of benzene rings is 4. The van der Waals surface area contributed by atoms with Crippen molar-refractivity contribution in [2.24, 2.45) is 0 Å². The first-order chi connectivity index (χ1) is 30.6. The summed E-state index contributed by atoms with van der Waals surface area (Å²) in [5, 5.41) is 22.3. The molecule has 1 saturated carbocycles. The quantitative estimate of drug-likeness (QED) is 0.0796. The molecular weight excluding hydrogens is 904 g/mol. The van der Waals surface area contributed by atoms with E-state index in [1.807, 2.05) is 42.5 Å². The Morgan fingerprint density at radius 2 is 0.939 bits per heavy atom. The van der Waals surface area contributed by atoms with E-state index in [0.717, 1.165) is 11.1 Å². The van der Waals surface area contributed by atoms with Crippen LogP contribution in [0.1, 0.15) is 116 Å². The summed E-state index contributed by atoms with van der Waals surface area (Å²) in [6.07, 6.45) is -18.2. The molecule has 20 heteroatoms. The van der Waals surface area contributed by atoms with Gasteiger partial charge in [-0.3, -0.25) is 20.2 Å². The normalized spacial score (nSPS) is 21.5. The molecule has 0 heterocycles. The molecule has 6 rings (SSSR count). The minimum atomic E-state index is -4.95. The zero-order valence-corrected chi connectivity index (χ0v) is 35.3. The fraction of sp³-hybridized carbons (Fsp3) is 0.435. The van der Waals surface area contributed by atoms with Gasteiger partial charge >= 0.3 is 24.7 Å². The zero-order chi connectivity index (χ0) is 48.9. The molecule has 0 aliphatic heterocycles. The molecule has 0 bridgehead atoms. The third kappa shape index (κ3) is 12.9. The van der Waals surface area contributed by atoms with Gasteiger partial charge in [0.25, 0.3) is 0 Å². The van der Waals surface area contributed by atoms with Crippen molar-refractivity contribution in [2.75, 3.05) is 13.2 Å². The summed E-state index contributed by atoms with van der Waals surface area (Å²) >= 11 is 0. The highest BCUT2D eigenvalue weighted by atomic mass is 19.4. The molecule has 4 aromatic rings. The number of rotatable bonds is 12. The topological polar surface area (TPSA) is 105 Å². The maximum absolute atomic E-state index is 13.2. The Labute approximate surface area is 370 Å². The molecule has 358 valence electrons. The van der Waals surface area contributed by atoms with Gasteiger partial charge in [0.05, 0.1) is 52.6 Å². The Morgan fingerprint density at radius 3 is 1.26 bits per heavy atom. The second kappa shape index (κ2) is 20.2. The lowest BCUT2D eigenvalue weighted by Gasteiger charge is -2.39. The summed E-state index contributed by atoms with van der Waals surface area (Å²) in [6.45, 7) is 2.77. The Kier molecular flexibility index (Phi) is 15.7. The SMILES string of the molecule is C[C@@H](OCC1(c2ccccc2)CCC([N+](=O)[O-])CC1)c1cc(C(F)(F)F)cc(C(F)(F)F)c1.C[C@@H](OC[C@]1(c2ccccc2)CC=C([N+](=O)[O-])CC1)c1cc(C(F)(F)F)cc(C(F)(F)F)c1. The van der Waals surface area contributed by atoms with Crippen LogP contribution in [-0.2, 0) is 45.0 Å². The second-order valence-electron chi connectivity index (χ2n) is 16.6. The molecule has 8 nitrogen and oxygen atoms in total. The van der Waals surface area contributed by atoms with Crippen LogP contribution in [0.25, 0.3) is 0 Å². The summed E-state index contributed by atoms with van der Waals surface area (Å²) < 4.78 is 170. The minimum Gasteiger partial charge on any atom is -0.373 e. The number of nitro groups is 2. The van der Waals surface area contributed by atoms with Crippen molar-refractivity contribution in [3.8, 4) is 0 Å². The predicted molar refractivity (Wildman–Crippen MR) is 216 cm³/mol. The van der Waals surface area contributed by atoms with Gasteiger partial charge in [-0.2, -0.15) is 52.7 Å². The number of hydrogen-bond donors (Lipinski definition) is 0. The number of allylic oxidation sites excluding steroid dienone is 2. The minimum absolute atomic E-state index is 0.0141. The first-order valence-electron chi connectivity index (χ1n) is 20.5. The Morgan fingerprint density at radius 1 is 0.576 bits per heavy atom. The lowest BCUT2D eigenvalue weighted by Crippen LogP contribution is -2.40. The molecule has 0 amide bonds.